The number of ether oxygens (including phenoxy) is 2. The fraction of sp³-hybridized carbons (Fsp3) is 0.450. The number of amides is 1. The molecule has 2 heterocycles. The summed E-state index contributed by atoms with van der Waals surface area (Å²) in [7, 11) is -0.537. The molecule has 0 radical (unpaired) electrons. The number of halogens is 1. The van der Waals surface area contributed by atoms with Gasteiger partial charge < -0.3 is 14.8 Å². The predicted octanol–water partition coefficient (Wildman–Crippen LogP) is 2.98. The highest BCUT2D eigenvalue weighted by Crippen LogP contribution is 2.36. The minimum Gasteiger partial charge on any atom is -0.495 e. The van der Waals surface area contributed by atoms with Crippen molar-refractivity contribution in [2.24, 2.45) is 0 Å². The van der Waals surface area contributed by atoms with Crippen molar-refractivity contribution in [1.29, 1.82) is 0 Å². The van der Waals surface area contributed by atoms with Gasteiger partial charge in [0.1, 0.15) is 11.5 Å². The van der Waals surface area contributed by atoms with Gasteiger partial charge in [-0.1, -0.05) is 11.6 Å². The minimum absolute atomic E-state index is 0.137. The van der Waals surface area contributed by atoms with Crippen LogP contribution in [0.15, 0.2) is 23.1 Å². The molecule has 1 aliphatic rings. The highest BCUT2D eigenvalue weighted by Gasteiger charge is 2.31. The van der Waals surface area contributed by atoms with Crippen molar-refractivity contribution < 1.29 is 22.7 Å². The molecule has 0 aliphatic carbocycles. The van der Waals surface area contributed by atoms with Crippen LogP contribution in [0.5, 0.6) is 11.5 Å². The third kappa shape index (κ3) is 5.32. The number of anilines is 1. The Hall–Kier alpha value is -1.85. The SMILES string of the molecule is COc1cc(NC(=O)CN2CCN(S(=O)(=O)c3cc(C)sc3C)CC2)c(OC)cc1Cl. The van der Waals surface area contributed by atoms with Crippen molar-refractivity contribution in [3.8, 4) is 11.5 Å². The molecule has 31 heavy (non-hydrogen) atoms. The van der Waals surface area contributed by atoms with Crippen molar-refractivity contribution >= 4 is 44.6 Å². The first-order valence-electron chi connectivity index (χ1n) is 9.66. The smallest absolute Gasteiger partial charge is 0.244 e. The van der Waals surface area contributed by atoms with E-state index in [1.807, 2.05) is 18.7 Å². The summed E-state index contributed by atoms with van der Waals surface area (Å²) in [4.78, 5) is 16.6. The second-order valence-corrected chi connectivity index (χ2v) is 11.0. The number of carbonyl (C=O) groups excluding carboxylic acids is 1. The van der Waals surface area contributed by atoms with Crippen molar-refractivity contribution in [3.05, 3.63) is 33.0 Å². The lowest BCUT2D eigenvalue weighted by atomic mass is 10.2. The van der Waals surface area contributed by atoms with Gasteiger partial charge in [-0.2, -0.15) is 4.31 Å². The van der Waals surface area contributed by atoms with Crippen LogP contribution in [0.3, 0.4) is 0 Å². The lowest BCUT2D eigenvalue weighted by Crippen LogP contribution is -2.50. The van der Waals surface area contributed by atoms with Gasteiger partial charge in [-0.3, -0.25) is 9.69 Å². The number of thiophene rings is 1. The van der Waals surface area contributed by atoms with Crippen LogP contribution in [0.1, 0.15) is 9.75 Å². The second-order valence-electron chi connectivity index (χ2n) is 7.19. The molecular formula is C20H26ClN3O5S2. The topological polar surface area (TPSA) is 88.2 Å². The average molecular weight is 488 g/mol. The molecule has 0 spiro atoms. The van der Waals surface area contributed by atoms with Crippen molar-refractivity contribution in [3.63, 3.8) is 0 Å². The fourth-order valence-corrected chi connectivity index (χ4v) is 6.66. The molecule has 0 unspecified atom stereocenters. The summed E-state index contributed by atoms with van der Waals surface area (Å²) in [6, 6.07) is 4.91. The Morgan fingerprint density at radius 1 is 1.10 bits per heavy atom. The van der Waals surface area contributed by atoms with Crippen molar-refractivity contribution in [1.82, 2.24) is 9.21 Å². The maximum absolute atomic E-state index is 12.9. The number of benzene rings is 1. The van der Waals surface area contributed by atoms with E-state index < -0.39 is 10.0 Å². The summed E-state index contributed by atoms with van der Waals surface area (Å²) in [6.45, 7) is 5.47. The van der Waals surface area contributed by atoms with E-state index in [4.69, 9.17) is 21.1 Å². The number of nitrogens with one attached hydrogen (secondary N) is 1. The lowest BCUT2D eigenvalue weighted by molar-refractivity contribution is -0.117. The zero-order chi connectivity index (χ0) is 22.8. The maximum atomic E-state index is 12.9. The fourth-order valence-electron chi connectivity index (χ4n) is 3.48. The molecule has 1 saturated heterocycles. The molecule has 2 aromatic rings. The van der Waals surface area contributed by atoms with Gasteiger partial charge in [0.15, 0.2) is 0 Å². The van der Waals surface area contributed by atoms with E-state index in [-0.39, 0.29) is 12.5 Å². The molecule has 3 rings (SSSR count). The largest absolute Gasteiger partial charge is 0.495 e. The van der Waals surface area contributed by atoms with Crippen LogP contribution in [0.25, 0.3) is 0 Å². The van der Waals surface area contributed by atoms with Crippen LogP contribution in [0, 0.1) is 13.8 Å². The number of aryl methyl sites for hydroxylation is 2. The molecule has 11 heteroatoms. The number of hydrogen-bond acceptors (Lipinski definition) is 7. The second kappa shape index (κ2) is 9.74. The molecule has 1 aromatic heterocycles. The highest BCUT2D eigenvalue weighted by atomic mass is 35.5. The Morgan fingerprint density at radius 3 is 2.29 bits per heavy atom. The number of sulfonamides is 1. The lowest BCUT2D eigenvalue weighted by Gasteiger charge is -2.33. The van der Waals surface area contributed by atoms with Crippen LogP contribution >= 0.6 is 22.9 Å². The third-order valence-electron chi connectivity index (χ3n) is 5.06. The van der Waals surface area contributed by atoms with E-state index in [0.717, 1.165) is 9.75 Å². The van der Waals surface area contributed by atoms with Gasteiger partial charge in [0, 0.05) is 48.1 Å². The molecule has 8 nitrogen and oxygen atoms in total. The van der Waals surface area contributed by atoms with Crippen LogP contribution < -0.4 is 14.8 Å². The van der Waals surface area contributed by atoms with Gasteiger partial charge in [0.25, 0.3) is 0 Å². The molecule has 0 atom stereocenters. The monoisotopic (exact) mass is 487 g/mol. The summed E-state index contributed by atoms with van der Waals surface area (Å²) in [5, 5.41) is 3.19. The average Bonchev–Trinajstić information content (AvgIpc) is 3.08. The van der Waals surface area contributed by atoms with E-state index in [0.29, 0.717) is 53.3 Å². The molecule has 1 fully saturated rings. The molecule has 1 aliphatic heterocycles. The molecule has 0 saturated carbocycles. The molecule has 1 aromatic carbocycles. The van der Waals surface area contributed by atoms with E-state index in [9.17, 15) is 13.2 Å². The van der Waals surface area contributed by atoms with Gasteiger partial charge >= 0.3 is 0 Å². The number of rotatable bonds is 7. The van der Waals surface area contributed by atoms with Crippen molar-refractivity contribution in [2.75, 3.05) is 52.3 Å². The van der Waals surface area contributed by atoms with Crippen LogP contribution in [0.2, 0.25) is 5.02 Å². The Morgan fingerprint density at radius 2 is 1.74 bits per heavy atom. The summed E-state index contributed by atoms with van der Waals surface area (Å²) < 4.78 is 37.9. The minimum atomic E-state index is -3.52. The number of hydrogen-bond donors (Lipinski definition) is 1. The van der Waals surface area contributed by atoms with Gasteiger partial charge in [-0.25, -0.2) is 8.42 Å². The Labute approximate surface area is 191 Å². The van der Waals surface area contributed by atoms with Crippen molar-refractivity contribution in [2.45, 2.75) is 18.7 Å². The number of nitrogens with zero attached hydrogens (tertiary/aromatic N) is 2. The Kier molecular flexibility index (Phi) is 7.48. The van der Waals surface area contributed by atoms with Crippen LogP contribution in [-0.4, -0.2) is 70.5 Å². The van der Waals surface area contributed by atoms with Crippen LogP contribution in [0.4, 0.5) is 5.69 Å². The first-order valence-corrected chi connectivity index (χ1v) is 12.3. The van der Waals surface area contributed by atoms with E-state index in [1.165, 1.54) is 29.9 Å². The Balaban J connectivity index is 1.60. The molecule has 0 bridgehead atoms. The van der Waals surface area contributed by atoms with Gasteiger partial charge in [-0.15, -0.1) is 11.3 Å². The number of methoxy groups -OCH3 is 2. The predicted molar refractivity (Wildman–Crippen MR) is 122 cm³/mol. The van der Waals surface area contributed by atoms with E-state index in [1.54, 1.807) is 18.2 Å². The molecule has 170 valence electrons. The standard InChI is InChI=1S/C20H26ClN3O5S2/c1-13-9-19(14(2)30-13)31(26,27)24-7-5-23(6-8-24)12-20(25)22-16-11-17(28-3)15(21)10-18(16)29-4/h9-11H,5-8,12H2,1-4H3,(H,22,25). The highest BCUT2D eigenvalue weighted by molar-refractivity contribution is 7.89. The molecule has 1 N–H and O–H groups in total. The van der Waals surface area contributed by atoms with Gasteiger partial charge in [0.05, 0.1) is 36.4 Å². The summed E-state index contributed by atoms with van der Waals surface area (Å²) in [6.07, 6.45) is 0. The van der Waals surface area contributed by atoms with E-state index >= 15 is 0 Å². The van der Waals surface area contributed by atoms with Crippen LogP contribution in [-0.2, 0) is 14.8 Å². The number of piperazine rings is 1. The maximum Gasteiger partial charge on any atom is 0.244 e. The summed E-state index contributed by atoms with van der Waals surface area (Å²) >= 11 is 7.58. The molecular weight excluding hydrogens is 462 g/mol. The zero-order valence-corrected chi connectivity index (χ0v) is 20.3. The summed E-state index contributed by atoms with van der Waals surface area (Å²) in [5.41, 5.74) is 0.457. The van der Waals surface area contributed by atoms with Gasteiger partial charge in [0.2, 0.25) is 15.9 Å². The first-order chi connectivity index (χ1) is 14.6. The van der Waals surface area contributed by atoms with Gasteiger partial charge in [-0.05, 0) is 19.9 Å². The quantitative estimate of drug-likeness (QED) is 0.646. The first kappa shape index (κ1) is 23.8. The number of carbonyl (C=O) groups is 1. The Bertz CT molecular complexity index is 1060. The third-order valence-corrected chi connectivity index (χ3v) is 8.48. The normalized spacial score (nSPS) is 15.6. The summed E-state index contributed by atoms with van der Waals surface area (Å²) in [5.74, 6) is 0.621. The molecule has 1 amide bonds. The zero-order valence-electron chi connectivity index (χ0n) is 17.9. The van der Waals surface area contributed by atoms with E-state index in [2.05, 4.69) is 5.32 Å².